The van der Waals surface area contributed by atoms with Crippen molar-refractivity contribution in [2.45, 2.75) is 18.9 Å². The molecule has 0 spiro atoms. The van der Waals surface area contributed by atoms with E-state index in [1.54, 1.807) is 24.3 Å². The van der Waals surface area contributed by atoms with E-state index >= 15 is 0 Å². The second kappa shape index (κ2) is 6.55. The van der Waals surface area contributed by atoms with E-state index in [4.69, 9.17) is 5.26 Å². The summed E-state index contributed by atoms with van der Waals surface area (Å²) in [6.07, 6.45) is -4.77. The number of nitrogens with zero attached hydrogens (tertiary/aromatic N) is 2. The summed E-state index contributed by atoms with van der Waals surface area (Å²) in [6.45, 7) is 3.17. The Labute approximate surface area is 155 Å². The molecule has 2 aromatic carbocycles. The molecule has 0 saturated carbocycles. The Bertz CT molecular complexity index is 851. The van der Waals surface area contributed by atoms with E-state index in [0.29, 0.717) is 29.8 Å². The quantitative estimate of drug-likeness (QED) is 0.885. The monoisotopic (exact) mass is 376 g/mol. The predicted molar refractivity (Wildman–Crippen MR) is 92.9 cm³/mol. The minimum Gasteiger partial charge on any atom is -0.406 e. The highest BCUT2D eigenvalue weighted by Crippen LogP contribution is 2.50. The minimum atomic E-state index is -4.77. The molecule has 1 saturated heterocycles. The third-order valence-corrected chi connectivity index (χ3v) is 5.05. The molecule has 27 heavy (non-hydrogen) atoms. The van der Waals surface area contributed by atoms with Gasteiger partial charge in [0.15, 0.2) is 0 Å². The molecule has 1 atom stereocenters. The summed E-state index contributed by atoms with van der Waals surface area (Å²) in [4.78, 5) is 2.05. The molecular formula is C20H19F3N2O2. The van der Waals surface area contributed by atoms with Gasteiger partial charge in [0.2, 0.25) is 0 Å². The molecule has 1 aliphatic rings. The second-order valence-electron chi connectivity index (χ2n) is 7.20. The van der Waals surface area contributed by atoms with Crippen LogP contribution in [0.2, 0.25) is 0 Å². The number of alkyl halides is 3. The Morgan fingerprint density at radius 3 is 1.93 bits per heavy atom. The fourth-order valence-corrected chi connectivity index (χ4v) is 3.92. The highest BCUT2D eigenvalue weighted by molar-refractivity contribution is 5.44. The van der Waals surface area contributed by atoms with Crippen LogP contribution in [0, 0.1) is 16.7 Å². The van der Waals surface area contributed by atoms with Crippen LogP contribution >= 0.6 is 0 Å². The van der Waals surface area contributed by atoms with Crippen LogP contribution in [0.4, 0.5) is 13.2 Å². The average Bonchev–Trinajstić information content (AvgIpc) is 2.59. The van der Waals surface area contributed by atoms with Crippen LogP contribution in [0.25, 0.3) is 0 Å². The maximum absolute atomic E-state index is 12.4. The SMILES string of the molecule is CN1CC(C)([C@](O)(c2ccc(C#N)cc2)c2ccc(OC(F)(F)F)cc2)C1. The Morgan fingerprint density at radius 2 is 1.52 bits per heavy atom. The van der Waals surface area contributed by atoms with Crippen molar-refractivity contribution in [3.05, 3.63) is 65.2 Å². The van der Waals surface area contributed by atoms with Crippen molar-refractivity contribution in [1.29, 1.82) is 5.26 Å². The molecule has 3 rings (SSSR count). The molecule has 0 aromatic heterocycles. The average molecular weight is 376 g/mol. The first-order valence-electron chi connectivity index (χ1n) is 8.35. The summed E-state index contributed by atoms with van der Waals surface area (Å²) in [6, 6.07) is 13.9. The number of hydrogen-bond acceptors (Lipinski definition) is 4. The number of ether oxygens (including phenoxy) is 1. The molecule has 0 unspecified atom stereocenters. The van der Waals surface area contributed by atoms with Crippen molar-refractivity contribution in [3.63, 3.8) is 0 Å². The zero-order valence-electron chi connectivity index (χ0n) is 14.9. The van der Waals surface area contributed by atoms with E-state index in [0.717, 1.165) is 0 Å². The lowest BCUT2D eigenvalue weighted by Crippen LogP contribution is -2.63. The van der Waals surface area contributed by atoms with Crippen LogP contribution in [-0.2, 0) is 5.60 Å². The standard InChI is InChI=1S/C20H19F3N2O2/c1-18(12-25(2)13-18)19(26,15-5-3-14(11-24)4-6-15)16-7-9-17(10-8-16)27-20(21,22)23/h3-10,26H,12-13H2,1-2H3/t19-/m0/s1. The van der Waals surface area contributed by atoms with Gasteiger partial charge in [0.25, 0.3) is 0 Å². The zero-order valence-corrected chi connectivity index (χ0v) is 14.9. The van der Waals surface area contributed by atoms with Gasteiger partial charge in [0, 0.05) is 18.5 Å². The summed E-state index contributed by atoms with van der Waals surface area (Å²) >= 11 is 0. The Morgan fingerprint density at radius 1 is 1.04 bits per heavy atom. The lowest BCUT2D eigenvalue weighted by atomic mass is 9.62. The topological polar surface area (TPSA) is 56.5 Å². The van der Waals surface area contributed by atoms with E-state index in [2.05, 4.69) is 9.64 Å². The lowest BCUT2D eigenvalue weighted by molar-refractivity contribution is -0.274. The summed E-state index contributed by atoms with van der Waals surface area (Å²) in [5.74, 6) is -0.343. The van der Waals surface area contributed by atoms with E-state index in [1.807, 2.05) is 20.0 Å². The number of nitriles is 1. The molecule has 0 radical (unpaired) electrons. The summed E-state index contributed by atoms with van der Waals surface area (Å²) in [5.41, 5.74) is -0.447. The summed E-state index contributed by atoms with van der Waals surface area (Å²) < 4.78 is 41.1. The molecule has 1 N–H and O–H groups in total. The third-order valence-electron chi connectivity index (χ3n) is 5.05. The molecule has 4 nitrogen and oxygen atoms in total. The van der Waals surface area contributed by atoms with Crippen LogP contribution in [0.5, 0.6) is 5.75 Å². The molecule has 0 aliphatic carbocycles. The third kappa shape index (κ3) is 3.51. The van der Waals surface area contributed by atoms with E-state index in [1.165, 1.54) is 24.3 Å². The Balaban J connectivity index is 2.03. The molecule has 0 amide bonds. The highest BCUT2D eigenvalue weighted by Gasteiger charge is 2.55. The molecule has 2 aromatic rings. The highest BCUT2D eigenvalue weighted by atomic mass is 19.4. The van der Waals surface area contributed by atoms with Crippen LogP contribution in [-0.4, -0.2) is 36.5 Å². The van der Waals surface area contributed by atoms with Crippen molar-refractivity contribution >= 4 is 0 Å². The van der Waals surface area contributed by atoms with Gasteiger partial charge in [-0.25, -0.2) is 0 Å². The van der Waals surface area contributed by atoms with Gasteiger partial charge < -0.3 is 14.7 Å². The molecule has 1 aliphatic heterocycles. The second-order valence-corrected chi connectivity index (χ2v) is 7.20. The normalized spacial score (nSPS) is 18.9. The van der Waals surface area contributed by atoms with Crippen molar-refractivity contribution < 1.29 is 23.0 Å². The molecule has 142 valence electrons. The number of aliphatic hydroxyl groups is 1. The Kier molecular flexibility index (Phi) is 4.66. The van der Waals surface area contributed by atoms with Crippen LogP contribution in [0.3, 0.4) is 0 Å². The number of halogens is 3. The molecular weight excluding hydrogens is 357 g/mol. The van der Waals surface area contributed by atoms with E-state index < -0.39 is 17.4 Å². The number of benzene rings is 2. The number of likely N-dealkylation sites (tertiary alicyclic amines) is 1. The largest absolute Gasteiger partial charge is 0.573 e. The van der Waals surface area contributed by atoms with E-state index in [9.17, 15) is 18.3 Å². The van der Waals surface area contributed by atoms with Crippen LogP contribution < -0.4 is 4.74 Å². The van der Waals surface area contributed by atoms with Gasteiger partial charge in [-0.3, -0.25) is 0 Å². The number of hydrogen-bond donors (Lipinski definition) is 1. The van der Waals surface area contributed by atoms with Gasteiger partial charge in [-0.05, 0) is 42.4 Å². The smallest absolute Gasteiger partial charge is 0.406 e. The fourth-order valence-electron chi connectivity index (χ4n) is 3.92. The molecule has 7 heteroatoms. The maximum Gasteiger partial charge on any atom is 0.573 e. The van der Waals surface area contributed by atoms with Gasteiger partial charge in [-0.1, -0.05) is 31.2 Å². The van der Waals surface area contributed by atoms with Crippen molar-refractivity contribution in [2.75, 3.05) is 20.1 Å². The van der Waals surface area contributed by atoms with Gasteiger partial charge in [-0.2, -0.15) is 5.26 Å². The lowest BCUT2D eigenvalue weighted by Gasteiger charge is -2.56. The first-order valence-corrected chi connectivity index (χ1v) is 8.35. The van der Waals surface area contributed by atoms with Gasteiger partial charge >= 0.3 is 6.36 Å². The predicted octanol–water partition coefficient (Wildman–Crippen LogP) is 3.64. The Hall–Kier alpha value is -2.56. The van der Waals surface area contributed by atoms with Crippen LogP contribution in [0.15, 0.2) is 48.5 Å². The number of rotatable bonds is 4. The van der Waals surface area contributed by atoms with Crippen molar-refractivity contribution in [3.8, 4) is 11.8 Å². The van der Waals surface area contributed by atoms with Crippen molar-refractivity contribution in [1.82, 2.24) is 4.90 Å². The van der Waals surface area contributed by atoms with E-state index in [-0.39, 0.29) is 5.75 Å². The van der Waals surface area contributed by atoms with Crippen LogP contribution in [0.1, 0.15) is 23.6 Å². The first-order chi connectivity index (χ1) is 12.6. The van der Waals surface area contributed by atoms with Crippen molar-refractivity contribution in [2.24, 2.45) is 5.41 Å². The van der Waals surface area contributed by atoms with Gasteiger partial charge in [0.05, 0.1) is 11.6 Å². The van der Waals surface area contributed by atoms with Gasteiger partial charge in [0.1, 0.15) is 11.4 Å². The summed E-state index contributed by atoms with van der Waals surface area (Å²) in [5, 5.41) is 20.8. The first kappa shape index (κ1) is 19.2. The molecule has 1 heterocycles. The maximum atomic E-state index is 12.4. The van der Waals surface area contributed by atoms with Gasteiger partial charge in [-0.15, -0.1) is 13.2 Å². The summed E-state index contributed by atoms with van der Waals surface area (Å²) in [7, 11) is 1.93. The zero-order chi connectivity index (χ0) is 19.9. The molecule has 1 fully saturated rings. The molecule has 0 bridgehead atoms. The fraction of sp³-hybridized carbons (Fsp3) is 0.350. The minimum absolute atomic E-state index is 0.343.